The Morgan fingerprint density at radius 2 is 1.76 bits per heavy atom. The topological polar surface area (TPSA) is 67.8 Å². The van der Waals surface area contributed by atoms with Crippen LogP contribution in [0.2, 0.25) is 10.0 Å². The number of rotatable bonds is 8. The van der Waals surface area contributed by atoms with Gasteiger partial charge in [0, 0.05) is 12.2 Å². The van der Waals surface area contributed by atoms with Gasteiger partial charge >= 0.3 is 5.97 Å². The number of carboxylic acid groups (broad SMARTS) is 1. The zero-order valence-electron chi connectivity index (χ0n) is 15.6. The Hall–Kier alpha value is -2.89. The van der Waals surface area contributed by atoms with E-state index in [1.165, 1.54) is 6.07 Å². The molecule has 0 amide bonds. The van der Waals surface area contributed by atoms with Gasteiger partial charge in [-0.2, -0.15) is 0 Å². The van der Waals surface area contributed by atoms with E-state index in [2.05, 4.69) is 5.32 Å². The number of hydrogen-bond donors (Lipinski definition) is 2. The summed E-state index contributed by atoms with van der Waals surface area (Å²) in [4.78, 5) is 11.1. The molecule has 3 aromatic rings. The maximum Gasteiger partial charge on any atom is 0.337 e. The smallest absolute Gasteiger partial charge is 0.337 e. The predicted octanol–water partition coefficient (Wildman–Crippen LogP) is 5.89. The Labute approximate surface area is 178 Å². The average Bonchev–Trinajstić information content (AvgIpc) is 2.71. The van der Waals surface area contributed by atoms with Gasteiger partial charge in [0.25, 0.3) is 0 Å². The second-order valence-electron chi connectivity index (χ2n) is 6.24. The first-order valence-electron chi connectivity index (χ1n) is 8.77. The van der Waals surface area contributed by atoms with Crippen LogP contribution in [0.4, 0.5) is 5.69 Å². The third kappa shape index (κ3) is 5.34. The maximum atomic E-state index is 11.1. The molecule has 5 nitrogen and oxygen atoms in total. The summed E-state index contributed by atoms with van der Waals surface area (Å²) in [5.41, 5.74) is 2.65. The van der Waals surface area contributed by atoms with Crippen molar-refractivity contribution in [1.29, 1.82) is 0 Å². The first-order valence-corrected chi connectivity index (χ1v) is 9.53. The number of carboxylic acids is 1. The molecule has 0 aliphatic heterocycles. The van der Waals surface area contributed by atoms with Crippen molar-refractivity contribution in [3.05, 3.63) is 87.4 Å². The summed E-state index contributed by atoms with van der Waals surface area (Å²) >= 11 is 12.4. The monoisotopic (exact) mass is 431 g/mol. The first-order chi connectivity index (χ1) is 14.0. The Balaban J connectivity index is 1.71. The van der Waals surface area contributed by atoms with Gasteiger partial charge in [0.05, 0.1) is 22.7 Å². The van der Waals surface area contributed by atoms with Gasteiger partial charge in [0.2, 0.25) is 0 Å². The van der Waals surface area contributed by atoms with Crippen LogP contribution in [0, 0.1) is 0 Å². The Bertz CT molecular complexity index is 1010. The molecule has 3 aromatic carbocycles. The Kier molecular flexibility index (Phi) is 6.86. The van der Waals surface area contributed by atoms with Crippen molar-refractivity contribution in [2.24, 2.45) is 0 Å². The van der Waals surface area contributed by atoms with E-state index in [9.17, 15) is 4.79 Å². The van der Waals surface area contributed by atoms with Crippen LogP contribution >= 0.6 is 23.2 Å². The van der Waals surface area contributed by atoms with Crippen molar-refractivity contribution in [1.82, 2.24) is 0 Å². The number of nitrogens with one attached hydrogen (secondary N) is 1. The van der Waals surface area contributed by atoms with E-state index in [0.717, 1.165) is 11.1 Å². The number of aromatic carboxylic acids is 1. The molecular formula is C22H19Cl2NO4. The van der Waals surface area contributed by atoms with Gasteiger partial charge in [0.15, 0.2) is 11.5 Å². The normalized spacial score (nSPS) is 10.4. The van der Waals surface area contributed by atoms with Crippen LogP contribution in [0.5, 0.6) is 11.5 Å². The maximum absolute atomic E-state index is 11.1. The lowest BCUT2D eigenvalue weighted by atomic mass is 10.1. The highest BCUT2D eigenvalue weighted by Gasteiger charge is 2.13. The summed E-state index contributed by atoms with van der Waals surface area (Å²) in [6.45, 7) is 0.820. The number of ether oxygens (including phenoxy) is 2. The Morgan fingerprint density at radius 3 is 2.41 bits per heavy atom. The van der Waals surface area contributed by atoms with Crippen molar-refractivity contribution < 1.29 is 19.4 Å². The summed E-state index contributed by atoms with van der Waals surface area (Å²) in [7, 11) is 1.56. The highest BCUT2D eigenvalue weighted by Crippen LogP contribution is 2.37. The molecule has 0 aliphatic carbocycles. The van der Waals surface area contributed by atoms with Crippen LogP contribution in [-0.2, 0) is 13.2 Å². The summed E-state index contributed by atoms with van der Waals surface area (Å²) in [5.74, 6) is -0.0516. The fraction of sp³-hybridized carbons (Fsp3) is 0.136. The van der Waals surface area contributed by atoms with E-state index < -0.39 is 5.97 Å². The fourth-order valence-corrected chi connectivity index (χ4v) is 3.30. The van der Waals surface area contributed by atoms with Crippen molar-refractivity contribution in [3.63, 3.8) is 0 Å². The number of carbonyl (C=O) groups is 1. The van der Waals surface area contributed by atoms with E-state index in [1.54, 1.807) is 25.3 Å². The van der Waals surface area contributed by atoms with Crippen molar-refractivity contribution in [2.45, 2.75) is 13.2 Å². The quantitative estimate of drug-likeness (QED) is 0.465. The van der Waals surface area contributed by atoms with Gasteiger partial charge in [-0.15, -0.1) is 0 Å². The SMILES string of the molecule is COc1cc(CNc2ccc(C(=O)O)c(Cl)c2)cc(Cl)c1OCc1ccccc1. The number of benzene rings is 3. The molecule has 2 N–H and O–H groups in total. The molecule has 0 saturated heterocycles. The van der Waals surface area contributed by atoms with Gasteiger partial charge in [-0.05, 0) is 41.5 Å². The molecule has 0 fully saturated rings. The van der Waals surface area contributed by atoms with Crippen LogP contribution in [0.3, 0.4) is 0 Å². The molecule has 0 heterocycles. The largest absolute Gasteiger partial charge is 0.493 e. The van der Waals surface area contributed by atoms with E-state index in [-0.39, 0.29) is 10.6 Å². The zero-order chi connectivity index (χ0) is 20.8. The fourth-order valence-electron chi connectivity index (χ4n) is 2.75. The lowest BCUT2D eigenvalue weighted by Crippen LogP contribution is -2.03. The molecule has 0 aliphatic rings. The van der Waals surface area contributed by atoms with E-state index >= 15 is 0 Å². The molecule has 150 valence electrons. The van der Waals surface area contributed by atoms with Crippen LogP contribution in [0.1, 0.15) is 21.5 Å². The van der Waals surface area contributed by atoms with E-state index in [4.69, 9.17) is 37.8 Å². The van der Waals surface area contributed by atoms with Crippen LogP contribution in [0.15, 0.2) is 60.7 Å². The summed E-state index contributed by atoms with van der Waals surface area (Å²) in [6, 6.07) is 18.1. The summed E-state index contributed by atoms with van der Waals surface area (Å²) in [6.07, 6.45) is 0. The minimum absolute atomic E-state index is 0.0573. The molecule has 0 atom stereocenters. The average molecular weight is 432 g/mol. The number of hydrogen-bond acceptors (Lipinski definition) is 4. The molecule has 7 heteroatoms. The van der Waals surface area contributed by atoms with Gasteiger partial charge in [-0.3, -0.25) is 0 Å². The second-order valence-corrected chi connectivity index (χ2v) is 7.05. The van der Waals surface area contributed by atoms with Crippen LogP contribution in [-0.4, -0.2) is 18.2 Å². The van der Waals surface area contributed by atoms with Crippen molar-refractivity contribution >= 4 is 34.9 Å². The van der Waals surface area contributed by atoms with Gasteiger partial charge < -0.3 is 19.9 Å². The molecular weight excluding hydrogens is 413 g/mol. The molecule has 0 unspecified atom stereocenters. The van der Waals surface area contributed by atoms with Crippen molar-refractivity contribution in [2.75, 3.05) is 12.4 Å². The van der Waals surface area contributed by atoms with Gasteiger partial charge in [-0.1, -0.05) is 53.5 Å². The van der Waals surface area contributed by atoms with Gasteiger partial charge in [0.1, 0.15) is 6.61 Å². The van der Waals surface area contributed by atoms with Crippen LogP contribution < -0.4 is 14.8 Å². The molecule has 3 rings (SSSR count). The third-order valence-electron chi connectivity index (χ3n) is 4.21. The molecule has 29 heavy (non-hydrogen) atoms. The lowest BCUT2D eigenvalue weighted by Gasteiger charge is -2.15. The number of methoxy groups -OCH3 is 1. The summed E-state index contributed by atoms with van der Waals surface area (Å²) in [5, 5.41) is 12.9. The Morgan fingerprint density at radius 1 is 1.00 bits per heavy atom. The minimum Gasteiger partial charge on any atom is -0.493 e. The van der Waals surface area contributed by atoms with Crippen molar-refractivity contribution in [3.8, 4) is 11.5 Å². The molecule has 0 bridgehead atoms. The first kappa shape index (κ1) is 20.8. The third-order valence-corrected chi connectivity index (χ3v) is 4.80. The van der Waals surface area contributed by atoms with Crippen LogP contribution in [0.25, 0.3) is 0 Å². The standard InChI is InChI=1S/C22H19Cl2NO4/c1-28-20-10-15(12-25-16-7-8-17(22(26)27)18(23)11-16)9-19(24)21(20)29-13-14-5-3-2-4-6-14/h2-11,25H,12-13H2,1H3,(H,26,27). The highest BCUT2D eigenvalue weighted by molar-refractivity contribution is 6.33. The zero-order valence-corrected chi connectivity index (χ0v) is 17.1. The predicted molar refractivity (Wildman–Crippen MR) is 115 cm³/mol. The summed E-state index contributed by atoms with van der Waals surface area (Å²) < 4.78 is 11.3. The number of anilines is 1. The van der Waals surface area contributed by atoms with E-state index in [0.29, 0.717) is 35.4 Å². The molecule has 0 saturated carbocycles. The number of halogens is 2. The minimum atomic E-state index is -1.07. The second kappa shape index (κ2) is 9.54. The van der Waals surface area contributed by atoms with Gasteiger partial charge in [-0.25, -0.2) is 4.79 Å². The molecule has 0 radical (unpaired) electrons. The lowest BCUT2D eigenvalue weighted by molar-refractivity contribution is 0.0697. The molecule has 0 spiro atoms. The molecule has 0 aromatic heterocycles. The van der Waals surface area contributed by atoms with E-state index in [1.807, 2.05) is 36.4 Å². The highest BCUT2D eigenvalue weighted by atomic mass is 35.5.